The highest BCUT2D eigenvalue weighted by Crippen LogP contribution is 2.28. The van der Waals surface area contributed by atoms with E-state index in [1.54, 1.807) is 0 Å². The van der Waals surface area contributed by atoms with Crippen LogP contribution in [0, 0.1) is 5.92 Å². The van der Waals surface area contributed by atoms with E-state index >= 15 is 0 Å². The molecule has 2 saturated heterocycles. The van der Waals surface area contributed by atoms with Crippen LogP contribution in [0.2, 0.25) is 0 Å². The number of rotatable bonds is 4. The molecule has 0 bridgehead atoms. The number of nitrogens with one attached hydrogen (secondary N) is 1. The zero-order valence-corrected chi connectivity index (χ0v) is 12.3. The highest BCUT2D eigenvalue weighted by molar-refractivity contribution is 7.99. The van der Waals surface area contributed by atoms with Crippen LogP contribution in [0.15, 0.2) is 24.3 Å². The number of piperidine rings is 1. The van der Waals surface area contributed by atoms with Gasteiger partial charge in [0.15, 0.2) is 0 Å². The predicted octanol–water partition coefficient (Wildman–Crippen LogP) is 3.11. The zero-order chi connectivity index (χ0) is 12.9. The largest absolute Gasteiger partial charge is 0.489 e. The maximum absolute atomic E-state index is 6.21. The Bertz CT molecular complexity index is 397. The van der Waals surface area contributed by atoms with Gasteiger partial charge in [0.05, 0.1) is 0 Å². The van der Waals surface area contributed by atoms with E-state index in [4.69, 9.17) is 4.74 Å². The van der Waals surface area contributed by atoms with E-state index in [9.17, 15) is 0 Å². The molecule has 2 aliphatic rings. The van der Waals surface area contributed by atoms with Crippen LogP contribution in [-0.2, 0) is 6.42 Å². The van der Waals surface area contributed by atoms with Gasteiger partial charge in [-0.25, -0.2) is 0 Å². The van der Waals surface area contributed by atoms with Crippen LogP contribution in [0.25, 0.3) is 0 Å². The van der Waals surface area contributed by atoms with Crippen LogP contribution in [-0.4, -0.2) is 30.7 Å². The first-order valence-corrected chi connectivity index (χ1v) is 8.60. The molecule has 1 aromatic carbocycles. The number of ether oxygens (including phenoxy) is 1. The summed E-state index contributed by atoms with van der Waals surface area (Å²) in [7, 11) is 0. The molecule has 3 heteroatoms. The van der Waals surface area contributed by atoms with Gasteiger partial charge in [0.2, 0.25) is 0 Å². The number of para-hydroxylation sites is 1. The van der Waals surface area contributed by atoms with Gasteiger partial charge in [-0.2, -0.15) is 11.8 Å². The highest BCUT2D eigenvalue weighted by Gasteiger charge is 2.20. The van der Waals surface area contributed by atoms with Gasteiger partial charge in [0.1, 0.15) is 11.9 Å². The van der Waals surface area contributed by atoms with Gasteiger partial charge in [-0.1, -0.05) is 18.2 Å². The predicted molar refractivity (Wildman–Crippen MR) is 82.1 cm³/mol. The van der Waals surface area contributed by atoms with Crippen molar-refractivity contribution in [3.63, 3.8) is 0 Å². The number of hydrogen-bond donors (Lipinski definition) is 1. The molecule has 2 nitrogen and oxygen atoms in total. The topological polar surface area (TPSA) is 21.3 Å². The molecule has 0 radical (unpaired) electrons. The molecule has 0 amide bonds. The number of thioether (sulfide) groups is 1. The molecule has 1 N–H and O–H groups in total. The summed E-state index contributed by atoms with van der Waals surface area (Å²) >= 11 is 2.01. The van der Waals surface area contributed by atoms with Crippen molar-refractivity contribution in [3.05, 3.63) is 29.8 Å². The number of benzene rings is 1. The molecule has 0 aromatic heterocycles. The summed E-state index contributed by atoms with van der Waals surface area (Å²) in [4.78, 5) is 0. The van der Waals surface area contributed by atoms with Gasteiger partial charge in [-0.05, 0) is 62.1 Å². The highest BCUT2D eigenvalue weighted by atomic mass is 32.2. The molecule has 104 valence electrons. The lowest BCUT2D eigenvalue weighted by Crippen LogP contribution is -2.28. The Balaban J connectivity index is 1.65. The minimum atomic E-state index is 0.430. The fourth-order valence-corrected chi connectivity index (χ4v) is 4.06. The Morgan fingerprint density at radius 3 is 2.79 bits per heavy atom. The Labute approximate surface area is 120 Å². The SMILES string of the molecule is c1ccc(OC2CCSC2)c(CC2CCNCC2)c1. The van der Waals surface area contributed by atoms with E-state index in [1.807, 2.05) is 11.8 Å². The van der Waals surface area contributed by atoms with Crippen LogP contribution in [0.4, 0.5) is 0 Å². The first kappa shape index (κ1) is 13.3. The van der Waals surface area contributed by atoms with Gasteiger partial charge >= 0.3 is 0 Å². The Morgan fingerprint density at radius 1 is 1.16 bits per heavy atom. The summed E-state index contributed by atoms with van der Waals surface area (Å²) in [5.41, 5.74) is 1.41. The van der Waals surface area contributed by atoms with Crippen LogP contribution in [0.1, 0.15) is 24.8 Å². The fraction of sp³-hybridized carbons (Fsp3) is 0.625. The van der Waals surface area contributed by atoms with E-state index in [0.717, 1.165) is 17.4 Å². The van der Waals surface area contributed by atoms with Crippen molar-refractivity contribution in [2.24, 2.45) is 5.92 Å². The molecule has 0 spiro atoms. The molecular weight excluding hydrogens is 254 g/mol. The van der Waals surface area contributed by atoms with Crippen molar-refractivity contribution >= 4 is 11.8 Å². The van der Waals surface area contributed by atoms with Crippen molar-refractivity contribution in [1.82, 2.24) is 5.32 Å². The standard InChI is InChI=1S/C16H23NOS/c1-2-4-16(18-15-7-10-19-12-15)14(3-1)11-13-5-8-17-9-6-13/h1-4,13,15,17H,5-12H2. The summed E-state index contributed by atoms with van der Waals surface area (Å²) in [5.74, 6) is 4.36. The second-order valence-corrected chi connectivity index (χ2v) is 6.76. The fourth-order valence-electron chi connectivity index (χ4n) is 2.97. The molecule has 0 aliphatic carbocycles. The molecule has 0 saturated carbocycles. The van der Waals surface area contributed by atoms with Gasteiger partial charge in [0.25, 0.3) is 0 Å². The molecule has 2 aliphatic heterocycles. The van der Waals surface area contributed by atoms with Crippen molar-refractivity contribution in [1.29, 1.82) is 0 Å². The Hall–Kier alpha value is -0.670. The summed E-state index contributed by atoms with van der Waals surface area (Å²) in [6.45, 7) is 2.35. The van der Waals surface area contributed by atoms with Gasteiger partial charge in [0, 0.05) is 5.75 Å². The lowest BCUT2D eigenvalue weighted by atomic mass is 9.90. The maximum atomic E-state index is 6.21. The molecule has 2 heterocycles. The van der Waals surface area contributed by atoms with Crippen LogP contribution >= 0.6 is 11.8 Å². The number of hydrogen-bond acceptors (Lipinski definition) is 3. The minimum Gasteiger partial charge on any atom is -0.489 e. The smallest absolute Gasteiger partial charge is 0.122 e. The molecule has 1 unspecified atom stereocenters. The first-order valence-electron chi connectivity index (χ1n) is 7.45. The first-order chi connectivity index (χ1) is 9.42. The Kier molecular flexibility index (Phi) is 4.67. The second kappa shape index (κ2) is 6.67. The third-order valence-electron chi connectivity index (χ3n) is 4.12. The van der Waals surface area contributed by atoms with Crippen LogP contribution < -0.4 is 10.1 Å². The second-order valence-electron chi connectivity index (χ2n) is 5.61. The van der Waals surface area contributed by atoms with E-state index in [2.05, 4.69) is 29.6 Å². The molecule has 1 aromatic rings. The van der Waals surface area contributed by atoms with Crippen LogP contribution in [0.5, 0.6) is 5.75 Å². The normalized spacial score (nSPS) is 24.5. The molecule has 3 rings (SSSR count). The molecule has 2 fully saturated rings. The van der Waals surface area contributed by atoms with E-state index < -0.39 is 0 Å². The van der Waals surface area contributed by atoms with Crippen molar-refractivity contribution < 1.29 is 4.74 Å². The van der Waals surface area contributed by atoms with E-state index in [1.165, 1.54) is 50.1 Å². The van der Waals surface area contributed by atoms with Gasteiger partial charge in [-0.3, -0.25) is 0 Å². The van der Waals surface area contributed by atoms with Gasteiger partial charge < -0.3 is 10.1 Å². The maximum Gasteiger partial charge on any atom is 0.122 e. The van der Waals surface area contributed by atoms with E-state index in [0.29, 0.717) is 6.10 Å². The lowest BCUT2D eigenvalue weighted by molar-refractivity contribution is 0.225. The summed E-state index contributed by atoms with van der Waals surface area (Å²) in [6.07, 6.45) is 5.41. The monoisotopic (exact) mass is 277 g/mol. The molecular formula is C16H23NOS. The summed E-state index contributed by atoms with van der Waals surface area (Å²) in [6, 6.07) is 8.65. The zero-order valence-electron chi connectivity index (χ0n) is 11.4. The quantitative estimate of drug-likeness (QED) is 0.913. The van der Waals surface area contributed by atoms with Crippen LogP contribution in [0.3, 0.4) is 0 Å². The van der Waals surface area contributed by atoms with Crippen molar-refractivity contribution in [2.45, 2.75) is 31.8 Å². The summed E-state index contributed by atoms with van der Waals surface area (Å²) < 4.78 is 6.21. The van der Waals surface area contributed by atoms with Crippen molar-refractivity contribution in [3.8, 4) is 5.75 Å². The summed E-state index contributed by atoms with van der Waals surface area (Å²) in [5, 5.41) is 3.44. The average molecular weight is 277 g/mol. The molecule has 1 atom stereocenters. The molecule has 19 heavy (non-hydrogen) atoms. The third kappa shape index (κ3) is 3.67. The third-order valence-corrected chi connectivity index (χ3v) is 5.25. The lowest BCUT2D eigenvalue weighted by Gasteiger charge is -2.24. The Morgan fingerprint density at radius 2 is 2.00 bits per heavy atom. The van der Waals surface area contributed by atoms with Gasteiger partial charge in [-0.15, -0.1) is 0 Å². The van der Waals surface area contributed by atoms with Crippen molar-refractivity contribution in [2.75, 3.05) is 24.6 Å². The average Bonchev–Trinajstić information content (AvgIpc) is 2.95. The minimum absolute atomic E-state index is 0.430. The van der Waals surface area contributed by atoms with E-state index in [-0.39, 0.29) is 0 Å².